The van der Waals surface area contributed by atoms with Gasteiger partial charge in [0.1, 0.15) is 17.4 Å². The van der Waals surface area contributed by atoms with E-state index in [1.165, 1.54) is 12.1 Å². The number of halogens is 1. The Balaban J connectivity index is 1.35. The minimum absolute atomic E-state index is 0.0467. The lowest BCUT2D eigenvalue weighted by Gasteiger charge is -2.33. The first kappa shape index (κ1) is 22.7. The molecule has 0 bridgehead atoms. The molecule has 0 aliphatic carbocycles. The molecule has 0 radical (unpaired) electrons. The molecule has 4 rings (SSSR count). The number of benzene rings is 2. The Hall–Kier alpha value is -3.48. The van der Waals surface area contributed by atoms with Crippen molar-refractivity contribution >= 4 is 11.7 Å². The molecule has 7 heteroatoms. The smallest absolute Gasteiger partial charge is 0.225 e. The van der Waals surface area contributed by atoms with Crippen LogP contribution in [0.25, 0.3) is 11.4 Å². The Morgan fingerprint density at radius 3 is 2.85 bits per heavy atom. The first-order chi connectivity index (χ1) is 16.1. The summed E-state index contributed by atoms with van der Waals surface area (Å²) in [6.07, 6.45) is 4.40. The van der Waals surface area contributed by atoms with Gasteiger partial charge in [0.15, 0.2) is 5.82 Å². The second-order valence-electron chi connectivity index (χ2n) is 8.24. The van der Waals surface area contributed by atoms with Crippen LogP contribution in [0.1, 0.15) is 31.7 Å². The van der Waals surface area contributed by atoms with Crippen LogP contribution in [0, 0.1) is 11.7 Å². The van der Waals surface area contributed by atoms with Crippen molar-refractivity contribution < 1.29 is 13.9 Å². The number of ether oxygens (including phenoxy) is 1. The standard InChI is InChI=1S/C26H29FN4O2/c1-2-15-33-23-10-8-19(9-11-23)17-29-26(32)21-6-4-14-31(18-21)24-12-13-28-25(30-24)20-5-3-7-22(27)16-20/h3,5,7-13,16,21H,2,4,6,14-15,17-18H2,1H3,(H,29,32)/t21-/m1/s1. The highest BCUT2D eigenvalue weighted by molar-refractivity contribution is 5.79. The van der Waals surface area contributed by atoms with Gasteiger partial charge < -0.3 is 15.0 Å². The molecule has 1 aromatic heterocycles. The van der Waals surface area contributed by atoms with Crippen LogP contribution < -0.4 is 15.0 Å². The van der Waals surface area contributed by atoms with E-state index in [2.05, 4.69) is 27.1 Å². The molecule has 1 aliphatic heterocycles. The van der Waals surface area contributed by atoms with Gasteiger partial charge in [0.25, 0.3) is 0 Å². The number of hydrogen-bond donors (Lipinski definition) is 1. The van der Waals surface area contributed by atoms with Crippen LogP contribution in [-0.4, -0.2) is 35.6 Å². The molecule has 0 saturated carbocycles. The Labute approximate surface area is 193 Å². The van der Waals surface area contributed by atoms with E-state index >= 15 is 0 Å². The Morgan fingerprint density at radius 1 is 1.21 bits per heavy atom. The fourth-order valence-electron chi connectivity index (χ4n) is 3.95. The highest BCUT2D eigenvalue weighted by Crippen LogP contribution is 2.24. The molecule has 1 saturated heterocycles. The van der Waals surface area contributed by atoms with Crippen molar-refractivity contribution in [3.05, 3.63) is 72.2 Å². The number of nitrogens with zero attached hydrogens (tertiary/aromatic N) is 3. The van der Waals surface area contributed by atoms with Crippen LogP contribution in [0.2, 0.25) is 0 Å². The van der Waals surface area contributed by atoms with Crippen molar-refractivity contribution in [1.82, 2.24) is 15.3 Å². The molecule has 2 aromatic carbocycles. The maximum Gasteiger partial charge on any atom is 0.225 e. The van der Waals surface area contributed by atoms with Gasteiger partial charge in [-0.1, -0.05) is 31.2 Å². The predicted octanol–water partition coefficient (Wildman–Crippen LogP) is 4.60. The summed E-state index contributed by atoms with van der Waals surface area (Å²) < 4.78 is 19.2. The van der Waals surface area contributed by atoms with E-state index in [0.29, 0.717) is 31.1 Å². The van der Waals surface area contributed by atoms with E-state index in [4.69, 9.17) is 4.74 Å². The molecule has 1 aliphatic rings. The second kappa shape index (κ2) is 10.9. The molecule has 1 atom stereocenters. The number of rotatable bonds is 8. The highest BCUT2D eigenvalue weighted by Gasteiger charge is 2.26. The second-order valence-corrected chi connectivity index (χ2v) is 8.24. The monoisotopic (exact) mass is 448 g/mol. The predicted molar refractivity (Wildman–Crippen MR) is 126 cm³/mol. The zero-order valence-corrected chi connectivity index (χ0v) is 18.8. The molecule has 172 valence electrons. The summed E-state index contributed by atoms with van der Waals surface area (Å²) in [5, 5.41) is 3.07. The lowest BCUT2D eigenvalue weighted by molar-refractivity contribution is -0.125. The van der Waals surface area contributed by atoms with Gasteiger partial charge in [-0.15, -0.1) is 0 Å². The number of carbonyl (C=O) groups excluding carboxylic acids is 1. The molecule has 2 heterocycles. The highest BCUT2D eigenvalue weighted by atomic mass is 19.1. The van der Waals surface area contributed by atoms with Crippen molar-refractivity contribution in [2.45, 2.75) is 32.7 Å². The topological polar surface area (TPSA) is 67.3 Å². The molecular weight excluding hydrogens is 419 g/mol. The molecule has 6 nitrogen and oxygen atoms in total. The first-order valence-corrected chi connectivity index (χ1v) is 11.5. The molecule has 1 N–H and O–H groups in total. The van der Waals surface area contributed by atoms with E-state index < -0.39 is 0 Å². The molecule has 3 aromatic rings. The number of anilines is 1. The van der Waals surface area contributed by atoms with Crippen molar-refractivity contribution in [2.75, 3.05) is 24.6 Å². The van der Waals surface area contributed by atoms with Gasteiger partial charge in [-0.2, -0.15) is 0 Å². The van der Waals surface area contributed by atoms with Crippen LogP contribution in [-0.2, 0) is 11.3 Å². The minimum Gasteiger partial charge on any atom is -0.494 e. The van der Waals surface area contributed by atoms with E-state index in [1.54, 1.807) is 18.3 Å². The largest absolute Gasteiger partial charge is 0.494 e. The van der Waals surface area contributed by atoms with Crippen molar-refractivity contribution in [3.8, 4) is 17.1 Å². The zero-order chi connectivity index (χ0) is 23.0. The van der Waals surface area contributed by atoms with E-state index in [0.717, 1.165) is 42.9 Å². The lowest BCUT2D eigenvalue weighted by Crippen LogP contribution is -2.43. The summed E-state index contributed by atoms with van der Waals surface area (Å²) in [6, 6.07) is 15.9. The Bertz CT molecular complexity index is 1070. The quantitative estimate of drug-likeness (QED) is 0.545. The fraction of sp³-hybridized carbons (Fsp3) is 0.346. The van der Waals surface area contributed by atoms with Gasteiger partial charge in [-0.25, -0.2) is 14.4 Å². The van der Waals surface area contributed by atoms with E-state index in [1.807, 2.05) is 30.3 Å². The number of nitrogens with one attached hydrogen (secondary N) is 1. The number of carbonyl (C=O) groups is 1. The average molecular weight is 449 g/mol. The molecular formula is C26H29FN4O2. The maximum absolute atomic E-state index is 13.6. The number of piperidine rings is 1. The fourth-order valence-corrected chi connectivity index (χ4v) is 3.95. The zero-order valence-electron chi connectivity index (χ0n) is 18.8. The number of amides is 1. The van der Waals surface area contributed by atoms with E-state index in [9.17, 15) is 9.18 Å². The molecule has 1 amide bonds. The first-order valence-electron chi connectivity index (χ1n) is 11.5. The van der Waals surface area contributed by atoms with Gasteiger partial charge in [-0.3, -0.25) is 4.79 Å². The van der Waals surface area contributed by atoms with Gasteiger partial charge in [0, 0.05) is 31.4 Å². The summed E-state index contributed by atoms with van der Waals surface area (Å²) in [5.74, 6) is 1.69. The Morgan fingerprint density at radius 2 is 2.06 bits per heavy atom. The summed E-state index contributed by atoms with van der Waals surface area (Å²) in [6.45, 7) is 4.67. The molecule has 33 heavy (non-hydrogen) atoms. The van der Waals surface area contributed by atoms with Crippen LogP contribution in [0.15, 0.2) is 60.8 Å². The SMILES string of the molecule is CCCOc1ccc(CNC(=O)[C@@H]2CCCN(c3ccnc(-c4cccc(F)c4)n3)C2)cc1. The van der Waals surface area contributed by atoms with Crippen molar-refractivity contribution in [1.29, 1.82) is 0 Å². The summed E-state index contributed by atoms with van der Waals surface area (Å²) in [4.78, 5) is 23.9. The minimum atomic E-state index is -0.320. The van der Waals surface area contributed by atoms with Crippen LogP contribution in [0.3, 0.4) is 0 Å². The number of aromatic nitrogens is 2. The summed E-state index contributed by atoms with van der Waals surface area (Å²) in [7, 11) is 0. The van der Waals surface area contributed by atoms with Gasteiger partial charge in [-0.05, 0) is 55.2 Å². The van der Waals surface area contributed by atoms with Crippen molar-refractivity contribution in [3.63, 3.8) is 0 Å². The Kier molecular flexibility index (Phi) is 7.50. The normalized spacial score (nSPS) is 15.8. The molecule has 0 spiro atoms. The lowest BCUT2D eigenvalue weighted by atomic mass is 9.97. The third-order valence-corrected chi connectivity index (χ3v) is 5.70. The summed E-state index contributed by atoms with van der Waals surface area (Å²) >= 11 is 0. The average Bonchev–Trinajstić information content (AvgIpc) is 2.87. The van der Waals surface area contributed by atoms with Gasteiger partial charge in [0.05, 0.1) is 12.5 Å². The number of hydrogen-bond acceptors (Lipinski definition) is 5. The third-order valence-electron chi connectivity index (χ3n) is 5.70. The van der Waals surface area contributed by atoms with Gasteiger partial charge in [0.2, 0.25) is 5.91 Å². The van der Waals surface area contributed by atoms with Crippen LogP contribution in [0.5, 0.6) is 5.75 Å². The van der Waals surface area contributed by atoms with Gasteiger partial charge >= 0.3 is 0 Å². The molecule has 1 fully saturated rings. The van der Waals surface area contributed by atoms with E-state index in [-0.39, 0.29) is 17.6 Å². The summed E-state index contributed by atoms with van der Waals surface area (Å²) in [5.41, 5.74) is 1.67. The van der Waals surface area contributed by atoms with Crippen LogP contribution in [0.4, 0.5) is 10.2 Å². The third kappa shape index (κ3) is 6.06. The van der Waals surface area contributed by atoms with Crippen molar-refractivity contribution in [2.24, 2.45) is 5.92 Å². The molecule has 0 unspecified atom stereocenters. The van der Waals surface area contributed by atoms with Crippen LogP contribution >= 0.6 is 0 Å². The maximum atomic E-state index is 13.6.